The number of benzene rings is 10. The Morgan fingerprint density at radius 2 is 0.368 bits per heavy atom. The molecule has 13 aromatic rings. The second-order valence-corrected chi connectivity index (χ2v) is 31.7. The van der Waals surface area contributed by atoms with E-state index in [4.69, 9.17) is 0 Å². The first-order chi connectivity index (χ1) is 57.0. The number of hydrogen-bond donors (Lipinski definition) is 0. The zero-order valence-electron chi connectivity index (χ0n) is 67.6. The molecule has 21 heteroatoms. The van der Waals surface area contributed by atoms with E-state index in [-0.39, 0.29) is 34.1 Å². The zero-order chi connectivity index (χ0) is 82.1. The Bertz CT molecular complexity index is 5140. The lowest BCUT2D eigenvalue weighted by Gasteiger charge is -2.14. The fourth-order valence-corrected chi connectivity index (χ4v) is 17.7. The van der Waals surface area contributed by atoms with Gasteiger partial charge in [-0.25, -0.2) is 0 Å². The van der Waals surface area contributed by atoms with Crippen molar-refractivity contribution in [3.8, 4) is 66.8 Å². The maximum absolute atomic E-state index is 12.5. The van der Waals surface area contributed by atoms with E-state index >= 15 is 0 Å². The van der Waals surface area contributed by atoms with Gasteiger partial charge in [0.15, 0.2) is 0 Å². The molecule has 3 heterocycles. The van der Waals surface area contributed by atoms with Gasteiger partial charge in [0.1, 0.15) is 0 Å². The molecule has 0 spiro atoms. The molecule has 0 bridgehead atoms. The van der Waals surface area contributed by atoms with Crippen LogP contribution < -0.4 is 0 Å². The highest BCUT2D eigenvalue weighted by atomic mass is 16.6. The van der Waals surface area contributed by atoms with Crippen molar-refractivity contribution in [2.45, 2.75) is 233 Å². The highest BCUT2D eigenvalue weighted by Crippen LogP contribution is 2.53. The highest BCUT2D eigenvalue weighted by molar-refractivity contribution is 6.40. The lowest BCUT2D eigenvalue weighted by atomic mass is 9.91. The number of rotatable bonds is 45. The van der Waals surface area contributed by atoms with Gasteiger partial charge in [-0.15, -0.1) is 0 Å². The van der Waals surface area contributed by atoms with E-state index in [0.717, 1.165) is 195 Å². The Hall–Kier alpha value is -12.0. The summed E-state index contributed by atoms with van der Waals surface area (Å²) in [5.41, 5.74) is 13.5. The largest absolute Gasteiger partial charge is 0.340 e. The van der Waals surface area contributed by atoms with Gasteiger partial charge >= 0.3 is 0 Å². The summed E-state index contributed by atoms with van der Waals surface area (Å²) in [6.07, 6.45) is 32.9. The molecule has 606 valence electrons. The van der Waals surface area contributed by atoms with E-state index in [1.807, 2.05) is 0 Å². The molecule has 0 aliphatic rings. The predicted molar refractivity (Wildman–Crippen MR) is 474 cm³/mol. The van der Waals surface area contributed by atoms with Gasteiger partial charge in [0.25, 0.3) is 34.1 Å². The maximum atomic E-state index is 12.5. The van der Waals surface area contributed by atoms with Gasteiger partial charge in [-0.05, 0) is 195 Å². The number of non-ortho nitro benzene ring substituents is 6. The van der Waals surface area contributed by atoms with Crippen molar-refractivity contribution in [2.24, 2.45) is 0 Å². The summed E-state index contributed by atoms with van der Waals surface area (Å²) >= 11 is 0. The molecule has 0 saturated carbocycles. The molecule has 0 fully saturated rings. The number of unbranched alkanes of at least 4 members (excludes halogenated alkanes) is 27. The van der Waals surface area contributed by atoms with Gasteiger partial charge in [0.2, 0.25) is 0 Å². The number of fused-ring (bicyclic) bond motifs is 12. The van der Waals surface area contributed by atoms with Crippen molar-refractivity contribution in [3.05, 3.63) is 243 Å². The van der Waals surface area contributed by atoms with Gasteiger partial charge in [0.05, 0.1) is 46.1 Å². The van der Waals surface area contributed by atoms with Crippen molar-refractivity contribution in [1.29, 1.82) is 0 Å². The van der Waals surface area contributed by atoms with Crippen LogP contribution in [-0.4, -0.2) is 43.2 Å². The standard InChI is InChI=1S/C96H105N9O12/c1-4-7-10-13-16-19-22-25-28-31-58-97-88-64-82(70-40-52-76(53-41-70)103(112)113)79(67-34-46-73(47-35-67)100(106)107)61-85(88)91-94(97)92-86-62-80(68-36-48-74(49-37-68)101(108)109)83(71-42-54-77(55-43-71)104(114)115)65-89(86)98(59-32-29-26-23-20-17-14-11-8-5-2)96(92)93-87-63-81(69-38-50-75(51-39-69)102(110)111)84(72-44-56-78(57-45-72)105(116)117)66-90(87)99(95(91)93)60-33-30-27-24-21-18-15-12-9-6-3/h34-57,61-66H,4-33,58-60H2,1-3H3. The molecule has 21 nitrogen and oxygen atoms in total. The lowest BCUT2D eigenvalue weighted by molar-refractivity contribution is -0.385. The average molecular weight is 1580 g/mol. The third-order valence-corrected chi connectivity index (χ3v) is 23.9. The first kappa shape index (κ1) is 83.0. The van der Waals surface area contributed by atoms with Gasteiger partial charge in [-0.2, -0.15) is 0 Å². The average Bonchev–Trinajstić information content (AvgIpc) is 1.50. The van der Waals surface area contributed by atoms with E-state index in [1.54, 1.807) is 72.8 Å². The second-order valence-electron chi connectivity index (χ2n) is 31.7. The summed E-state index contributed by atoms with van der Waals surface area (Å²) in [4.78, 5) is 72.4. The van der Waals surface area contributed by atoms with E-state index in [1.165, 1.54) is 169 Å². The molecule has 0 aliphatic heterocycles. The van der Waals surface area contributed by atoms with E-state index < -0.39 is 29.5 Å². The molecule has 0 amide bonds. The van der Waals surface area contributed by atoms with Crippen molar-refractivity contribution in [1.82, 2.24) is 13.7 Å². The summed E-state index contributed by atoms with van der Waals surface area (Å²) in [5.74, 6) is 0. The summed E-state index contributed by atoms with van der Waals surface area (Å²) in [5, 5.41) is 80.4. The van der Waals surface area contributed by atoms with Crippen LogP contribution in [0.4, 0.5) is 34.1 Å². The van der Waals surface area contributed by atoms with Crippen molar-refractivity contribution < 1.29 is 29.5 Å². The van der Waals surface area contributed by atoms with Crippen LogP contribution in [0.25, 0.3) is 132 Å². The van der Waals surface area contributed by atoms with E-state index in [9.17, 15) is 60.7 Å². The first-order valence-corrected chi connectivity index (χ1v) is 42.6. The smallest absolute Gasteiger partial charge is 0.269 e. The molecular formula is C96H105N9O12. The van der Waals surface area contributed by atoms with Crippen LogP contribution in [0, 0.1) is 60.7 Å². The molecule has 0 saturated heterocycles. The maximum Gasteiger partial charge on any atom is 0.269 e. The van der Waals surface area contributed by atoms with Crippen molar-refractivity contribution in [2.75, 3.05) is 0 Å². The van der Waals surface area contributed by atoms with Crippen LogP contribution in [0.3, 0.4) is 0 Å². The topological polar surface area (TPSA) is 274 Å². The van der Waals surface area contributed by atoms with Gasteiger partial charge in [0, 0.05) is 141 Å². The Balaban J connectivity index is 1.21. The summed E-state index contributed by atoms with van der Waals surface area (Å²) in [6.45, 7) is 8.37. The van der Waals surface area contributed by atoms with Crippen LogP contribution in [0.1, 0.15) is 213 Å². The third-order valence-electron chi connectivity index (χ3n) is 23.9. The van der Waals surface area contributed by atoms with E-state index in [0.29, 0.717) is 53.0 Å². The minimum Gasteiger partial charge on any atom is -0.340 e. The third kappa shape index (κ3) is 18.8. The predicted octanol–water partition coefficient (Wildman–Crippen LogP) is 29.2. The molecule has 0 atom stereocenters. The van der Waals surface area contributed by atoms with Gasteiger partial charge in [-0.3, -0.25) is 60.7 Å². The molecule has 10 aromatic carbocycles. The normalized spacial score (nSPS) is 11.7. The minimum atomic E-state index is -0.421. The number of aryl methyl sites for hydroxylation is 3. The van der Waals surface area contributed by atoms with Crippen LogP contribution in [-0.2, 0) is 19.6 Å². The fourth-order valence-electron chi connectivity index (χ4n) is 17.7. The van der Waals surface area contributed by atoms with Crippen molar-refractivity contribution >= 4 is 99.5 Å². The van der Waals surface area contributed by atoms with Gasteiger partial charge < -0.3 is 13.7 Å². The summed E-state index contributed by atoms with van der Waals surface area (Å²) in [7, 11) is 0. The minimum absolute atomic E-state index is 0.0840. The monoisotopic (exact) mass is 1580 g/mol. The molecular weight excluding hydrogens is 1470 g/mol. The Labute approximate surface area is 681 Å². The van der Waals surface area contributed by atoms with Crippen LogP contribution >= 0.6 is 0 Å². The van der Waals surface area contributed by atoms with Gasteiger partial charge in [-0.1, -0.05) is 194 Å². The molecule has 3 aromatic heterocycles. The number of hydrogen-bond acceptors (Lipinski definition) is 12. The lowest BCUT2D eigenvalue weighted by Crippen LogP contribution is -2.02. The van der Waals surface area contributed by atoms with Crippen LogP contribution in [0.15, 0.2) is 182 Å². The number of nitro benzene ring substituents is 6. The second kappa shape index (κ2) is 39.1. The summed E-state index contributed by atoms with van der Waals surface area (Å²) in [6, 6.07) is 52.4. The highest BCUT2D eigenvalue weighted by Gasteiger charge is 2.32. The van der Waals surface area contributed by atoms with Crippen LogP contribution in [0.5, 0.6) is 0 Å². The van der Waals surface area contributed by atoms with E-state index in [2.05, 4.69) is 70.9 Å². The SMILES string of the molecule is CCCCCCCCCCCCn1c2cc(-c3ccc([N+](=O)[O-])cc3)c(-c3ccc([N+](=O)[O-])cc3)cc2c2c1c1c3cc(-c4ccc([N+](=O)[O-])cc4)c(-c4ccc([N+](=O)[O-])cc4)cc3n(CCCCCCCCCCCC)c1c1c3cc(-c4ccc([N+](=O)[O-])cc4)c(-c4ccc([N+](=O)[O-])cc4)cc3n(CCCCCCCCCCCC)c21. The zero-order valence-corrected chi connectivity index (χ0v) is 67.6. The Kier molecular flexibility index (Phi) is 27.7. The fraction of sp³-hybridized carbons (Fsp3) is 0.375. The summed E-state index contributed by atoms with van der Waals surface area (Å²) < 4.78 is 7.50. The Morgan fingerprint density at radius 3 is 0.530 bits per heavy atom. The molecule has 13 rings (SSSR count). The number of aromatic nitrogens is 3. The molecule has 0 N–H and O–H groups in total. The number of nitrogens with zero attached hydrogens (tertiary/aromatic N) is 9. The Morgan fingerprint density at radius 1 is 0.214 bits per heavy atom. The van der Waals surface area contributed by atoms with Crippen LogP contribution in [0.2, 0.25) is 0 Å². The molecule has 0 radical (unpaired) electrons. The molecule has 0 aliphatic carbocycles. The number of nitro groups is 6. The first-order valence-electron chi connectivity index (χ1n) is 42.6. The molecule has 0 unspecified atom stereocenters. The quantitative estimate of drug-likeness (QED) is 0.0196. The van der Waals surface area contributed by atoms with Crippen molar-refractivity contribution in [3.63, 3.8) is 0 Å². The molecule has 117 heavy (non-hydrogen) atoms.